The average Bonchev–Trinajstić information content (AvgIpc) is 3.75. The highest BCUT2D eigenvalue weighted by Gasteiger charge is 2.45. The quantitative estimate of drug-likeness (QED) is 0.203. The summed E-state index contributed by atoms with van der Waals surface area (Å²) in [6.45, 7) is 5.47. The number of likely N-dealkylation sites (tertiary alicyclic amines) is 3. The summed E-state index contributed by atoms with van der Waals surface area (Å²) in [4.78, 5) is 73.9. The molecule has 4 N–H and O–H groups in total. The van der Waals surface area contributed by atoms with Crippen molar-refractivity contribution in [2.75, 3.05) is 32.8 Å². The van der Waals surface area contributed by atoms with E-state index in [1.165, 1.54) is 14.7 Å². The number of ether oxygens (including phenoxy) is 2. The van der Waals surface area contributed by atoms with Gasteiger partial charge in [0.15, 0.2) is 0 Å². The van der Waals surface area contributed by atoms with Gasteiger partial charge < -0.3 is 44.6 Å². The van der Waals surface area contributed by atoms with Gasteiger partial charge in [-0.05, 0) is 30.5 Å². The van der Waals surface area contributed by atoms with Crippen molar-refractivity contribution in [3.8, 4) is 0 Å². The lowest BCUT2D eigenvalue weighted by Crippen LogP contribution is -2.31. The molecule has 3 fully saturated rings. The highest BCUT2D eigenvalue weighted by atomic mass is 16.5. The third kappa shape index (κ3) is 11.2. The van der Waals surface area contributed by atoms with Crippen LogP contribution in [-0.2, 0) is 57.9 Å². The summed E-state index contributed by atoms with van der Waals surface area (Å²) in [7, 11) is 0. The first kappa shape index (κ1) is 42.1. The van der Waals surface area contributed by atoms with Gasteiger partial charge in [0.25, 0.3) is 17.7 Å². The number of carbonyl (C=O) groups is 6. The number of hydrogen-bond donors (Lipinski definition) is 4. The second-order valence-corrected chi connectivity index (χ2v) is 13.1. The molecule has 15 heteroatoms. The van der Waals surface area contributed by atoms with Crippen molar-refractivity contribution in [2.24, 2.45) is 17.8 Å². The first-order chi connectivity index (χ1) is 26.4. The second-order valence-electron chi connectivity index (χ2n) is 13.1. The molecule has 0 radical (unpaired) electrons. The minimum Gasteiger partial charge on any atom is -0.481 e. The largest absolute Gasteiger partial charge is 0.481 e. The van der Waals surface area contributed by atoms with E-state index in [1.807, 2.05) is 91.0 Å². The Morgan fingerprint density at radius 2 is 0.800 bits per heavy atom. The number of aliphatic hydroxyl groups excluding tert-OH is 3. The zero-order valence-corrected chi connectivity index (χ0v) is 30.7. The van der Waals surface area contributed by atoms with Gasteiger partial charge in [-0.25, -0.2) is 0 Å². The van der Waals surface area contributed by atoms with Crippen molar-refractivity contribution >= 4 is 35.6 Å². The fourth-order valence-corrected chi connectivity index (χ4v) is 6.32. The van der Waals surface area contributed by atoms with Crippen molar-refractivity contribution in [1.82, 2.24) is 14.7 Å². The third-order valence-electron chi connectivity index (χ3n) is 9.23. The van der Waals surface area contributed by atoms with Crippen LogP contribution >= 0.6 is 0 Å². The second kappa shape index (κ2) is 20.2. The molecule has 3 aliphatic heterocycles. The number of esters is 2. The van der Waals surface area contributed by atoms with E-state index in [2.05, 4.69) is 0 Å². The minimum absolute atomic E-state index is 0.0597. The molecule has 0 unspecified atom stereocenters. The summed E-state index contributed by atoms with van der Waals surface area (Å²) in [6.07, 6.45) is -4.00. The van der Waals surface area contributed by atoms with Gasteiger partial charge in [-0.3, -0.25) is 28.8 Å². The van der Waals surface area contributed by atoms with Crippen molar-refractivity contribution in [3.05, 3.63) is 108 Å². The number of carboxylic acids is 1. The number of carboxylic acid groups (broad SMARTS) is 1. The van der Waals surface area contributed by atoms with Crippen LogP contribution in [0.3, 0.4) is 0 Å². The van der Waals surface area contributed by atoms with E-state index in [0.29, 0.717) is 19.6 Å². The number of nitrogens with zero attached hydrogens (tertiary/aromatic N) is 3. The predicted octanol–water partition coefficient (Wildman–Crippen LogP) is 1.23. The van der Waals surface area contributed by atoms with Crippen LogP contribution < -0.4 is 0 Å². The number of benzene rings is 3. The van der Waals surface area contributed by atoms with Crippen LogP contribution in [0.15, 0.2) is 91.0 Å². The number of rotatable bonds is 11. The molecule has 55 heavy (non-hydrogen) atoms. The van der Waals surface area contributed by atoms with Gasteiger partial charge in [0, 0.05) is 39.3 Å². The topological polar surface area (TPSA) is 212 Å². The molecular weight excluding hydrogens is 714 g/mol. The maximum Gasteiger partial charge on any atom is 0.313 e. The molecule has 15 nitrogen and oxygen atoms in total. The van der Waals surface area contributed by atoms with E-state index in [1.54, 1.807) is 13.8 Å². The van der Waals surface area contributed by atoms with E-state index in [-0.39, 0.29) is 32.8 Å². The van der Waals surface area contributed by atoms with Crippen LogP contribution in [0.2, 0.25) is 0 Å². The van der Waals surface area contributed by atoms with Gasteiger partial charge in [-0.1, -0.05) is 91.0 Å². The Morgan fingerprint density at radius 3 is 1.05 bits per heavy atom. The summed E-state index contributed by atoms with van der Waals surface area (Å²) in [5.41, 5.74) is 2.85. The van der Waals surface area contributed by atoms with Gasteiger partial charge in [0.05, 0.1) is 13.2 Å². The molecule has 3 aromatic rings. The minimum atomic E-state index is -1.42. The number of amides is 3. The average molecular weight is 762 g/mol. The molecule has 3 aromatic carbocycles. The number of aliphatic hydroxyl groups is 3. The molecule has 0 spiro atoms. The Kier molecular flexibility index (Phi) is 15.4. The number of aliphatic carboxylic acids is 1. The van der Waals surface area contributed by atoms with Crippen molar-refractivity contribution in [2.45, 2.75) is 51.8 Å². The van der Waals surface area contributed by atoms with Gasteiger partial charge in [0.2, 0.25) is 0 Å². The molecule has 0 aromatic heterocycles. The van der Waals surface area contributed by atoms with Crippen LogP contribution in [0.1, 0.15) is 30.5 Å². The maximum absolute atomic E-state index is 11.9. The standard InChI is InChI=1S/2C14H17NO4.C12H13NO4/c2*1-2-19-14(18)11-9-15(13(17)12(11)16)8-10-6-4-3-5-7-10;14-10-9(12(16)17)7-13(11(10)15)6-8-4-2-1-3-5-8/h2*3-7,11-12,16H,2,8-9H2,1H3;1-5,9-10,14H,6-7H2,(H,16,17)/t2*11-,12-;9-,10+/m110/s1. The Balaban J connectivity index is 0.000000184. The monoisotopic (exact) mass is 761 g/mol. The van der Waals surface area contributed by atoms with Gasteiger partial charge in [0.1, 0.15) is 36.1 Å². The molecule has 6 atom stereocenters. The van der Waals surface area contributed by atoms with E-state index in [4.69, 9.17) is 14.6 Å². The summed E-state index contributed by atoms with van der Waals surface area (Å²) in [6, 6.07) is 28.2. The van der Waals surface area contributed by atoms with E-state index < -0.39 is 71.7 Å². The molecule has 3 saturated heterocycles. The van der Waals surface area contributed by atoms with Crippen molar-refractivity contribution in [1.29, 1.82) is 0 Å². The summed E-state index contributed by atoms with van der Waals surface area (Å²) in [5, 5.41) is 38.0. The first-order valence-electron chi connectivity index (χ1n) is 17.9. The highest BCUT2D eigenvalue weighted by Crippen LogP contribution is 2.24. The number of carbonyl (C=O) groups excluding carboxylic acids is 5. The zero-order chi connectivity index (χ0) is 40.1. The van der Waals surface area contributed by atoms with Crippen LogP contribution in [0, 0.1) is 17.8 Å². The Hall–Kier alpha value is -5.64. The van der Waals surface area contributed by atoms with Crippen molar-refractivity contribution in [3.63, 3.8) is 0 Å². The van der Waals surface area contributed by atoms with Crippen molar-refractivity contribution < 1.29 is 58.7 Å². The van der Waals surface area contributed by atoms with Crippen LogP contribution in [0.5, 0.6) is 0 Å². The van der Waals surface area contributed by atoms with Crippen LogP contribution in [0.25, 0.3) is 0 Å². The fraction of sp³-hybridized carbons (Fsp3) is 0.400. The molecule has 0 bridgehead atoms. The SMILES string of the molecule is CCOC(=O)[C@@H]1CN(Cc2ccccc2)C(=O)[C@@H]1O.CCOC(=O)[C@@H]1CN(Cc2ccccc2)C(=O)[C@@H]1O.O=C(O)[C@H]1CN(Cc2ccccc2)C(=O)[C@@H]1O. The predicted molar refractivity (Wildman–Crippen MR) is 195 cm³/mol. The van der Waals surface area contributed by atoms with E-state index in [9.17, 15) is 44.1 Å². The maximum atomic E-state index is 11.9. The van der Waals surface area contributed by atoms with E-state index in [0.717, 1.165) is 16.7 Å². The Labute approximate surface area is 318 Å². The summed E-state index contributed by atoms with van der Waals surface area (Å²) in [5.74, 6) is -6.09. The third-order valence-corrected chi connectivity index (χ3v) is 9.23. The smallest absolute Gasteiger partial charge is 0.313 e. The molecule has 3 heterocycles. The molecule has 0 aliphatic carbocycles. The molecule has 294 valence electrons. The van der Waals surface area contributed by atoms with Crippen LogP contribution in [0.4, 0.5) is 0 Å². The zero-order valence-electron chi connectivity index (χ0n) is 30.7. The molecule has 3 aliphatic rings. The van der Waals surface area contributed by atoms with Crippen LogP contribution in [-0.4, -0.2) is 122 Å². The lowest BCUT2D eigenvalue weighted by Gasteiger charge is -2.15. The number of hydrogen-bond acceptors (Lipinski definition) is 11. The van der Waals surface area contributed by atoms with Gasteiger partial charge in [-0.15, -0.1) is 0 Å². The summed E-state index contributed by atoms with van der Waals surface area (Å²) >= 11 is 0. The van der Waals surface area contributed by atoms with E-state index >= 15 is 0 Å². The normalized spacial score (nSPS) is 23.1. The fourth-order valence-electron chi connectivity index (χ4n) is 6.32. The Bertz CT molecular complexity index is 1670. The lowest BCUT2D eigenvalue weighted by atomic mass is 10.1. The van der Waals surface area contributed by atoms with Gasteiger partial charge in [-0.2, -0.15) is 0 Å². The summed E-state index contributed by atoms with van der Waals surface area (Å²) < 4.78 is 9.73. The molecule has 6 rings (SSSR count). The Morgan fingerprint density at radius 1 is 0.527 bits per heavy atom. The van der Waals surface area contributed by atoms with Gasteiger partial charge >= 0.3 is 17.9 Å². The highest BCUT2D eigenvalue weighted by molar-refractivity contribution is 5.92. The lowest BCUT2D eigenvalue weighted by molar-refractivity contribution is -0.152. The molecular formula is C40H47N3O12. The molecule has 0 saturated carbocycles. The molecule has 3 amide bonds. The first-order valence-corrected chi connectivity index (χ1v) is 17.9.